The van der Waals surface area contributed by atoms with E-state index in [4.69, 9.17) is 5.11 Å². The highest BCUT2D eigenvalue weighted by Gasteiger charge is 2.16. The average molecular weight is 273 g/mol. The first-order chi connectivity index (χ1) is 9.47. The quantitative estimate of drug-likeness (QED) is 0.780. The molecule has 0 aliphatic heterocycles. The van der Waals surface area contributed by atoms with Gasteiger partial charge in [0.1, 0.15) is 5.82 Å². The van der Waals surface area contributed by atoms with Crippen LogP contribution in [0.2, 0.25) is 0 Å². The summed E-state index contributed by atoms with van der Waals surface area (Å²) in [6, 6.07) is 7.88. The maximum absolute atomic E-state index is 13.3. The number of carbonyl (C=O) groups is 1. The number of hydrogen-bond donors (Lipinski definition) is 1. The maximum Gasteiger partial charge on any atom is 0.356 e. The van der Waals surface area contributed by atoms with Gasteiger partial charge in [-0.15, -0.1) is 0 Å². The van der Waals surface area contributed by atoms with Gasteiger partial charge in [0.05, 0.1) is 11.4 Å². The topological polar surface area (TPSA) is 60.1 Å². The fourth-order valence-corrected chi connectivity index (χ4v) is 2.38. The van der Waals surface area contributed by atoms with Crippen molar-refractivity contribution in [3.8, 4) is 11.4 Å². The van der Waals surface area contributed by atoms with E-state index in [2.05, 4.69) is 5.10 Å². The normalized spacial score (nSPS) is 11.2. The molecule has 1 aromatic carbocycles. The highest BCUT2D eigenvalue weighted by molar-refractivity contribution is 5.89. The summed E-state index contributed by atoms with van der Waals surface area (Å²) in [5.74, 6) is -1.37. The minimum Gasteiger partial charge on any atom is -0.476 e. The number of aromatic nitrogens is 3. The Bertz CT molecular complexity index is 832. The van der Waals surface area contributed by atoms with Crippen molar-refractivity contribution < 1.29 is 14.3 Å². The second-order valence-corrected chi connectivity index (χ2v) is 4.64. The maximum atomic E-state index is 13.3. The van der Waals surface area contributed by atoms with Crippen LogP contribution in [0.4, 0.5) is 4.39 Å². The van der Waals surface area contributed by atoms with Gasteiger partial charge in [0.15, 0.2) is 5.69 Å². The van der Waals surface area contributed by atoms with E-state index >= 15 is 0 Å². The number of fused-ring (bicyclic) bond motifs is 1. The van der Waals surface area contributed by atoms with Crippen molar-refractivity contribution in [3.05, 3.63) is 41.8 Å². The fourth-order valence-electron chi connectivity index (χ4n) is 2.38. The van der Waals surface area contributed by atoms with Crippen LogP contribution in [0.1, 0.15) is 10.5 Å². The summed E-state index contributed by atoms with van der Waals surface area (Å²) in [5, 5.41) is 13.7. The lowest BCUT2D eigenvalue weighted by molar-refractivity contribution is 0.0689. The lowest BCUT2D eigenvalue weighted by Gasteiger charge is -2.04. The van der Waals surface area contributed by atoms with Gasteiger partial charge in [0.2, 0.25) is 0 Å². The Morgan fingerprint density at radius 1 is 1.20 bits per heavy atom. The molecule has 0 aliphatic rings. The number of benzene rings is 1. The van der Waals surface area contributed by atoms with Gasteiger partial charge in [0.25, 0.3) is 0 Å². The first-order valence-electron chi connectivity index (χ1n) is 6.00. The minimum atomic E-state index is -1.07. The molecule has 0 saturated heterocycles. The molecule has 0 amide bonds. The third-order valence-electron chi connectivity index (χ3n) is 3.37. The molecule has 3 aromatic rings. The molecule has 2 aromatic heterocycles. The Labute approximate surface area is 113 Å². The third kappa shape index (κ3) is 1.77. The Morgan fingerprint density at radius 3 is 2.60 bits per heavy atom. The zero-order valence-corrected chi connectivity index (χ0v) is 11.0. The predicted octanol–water partition coefficient (Wildman–Crippen LogP) is 2.42. The summed E-state index contributed by atoms with van der Waals surface area (Å²) in [6.45, 7) is 0. The standard InChI is InChI=1S/C14H12FN3O2/c1-17-11-4-3-9(15)5-8(11)6-12(17)13-7-10(14(19)20)16-18(13)2/h3-7H,1-2H3,(H,19,20). The number of halogens is 1. The molecule has 2 heterocycles. The van der Waals surface area contributed by atoms with Crippen LogP contribution >= 0.6 is 0 Å². The number of nitrogens with zero attached hydrogens (tertiary/aromatic N) is 3. The van der Waals surface area contributed by atoms with E-state index in [1.54, 1.807) is 13.1 Å². The fraction of sp³-hybridized carbons (Fsp3) is 0.143. The molecule has 0 aliphatic carbocycles. The monoisotopic (exact) mass is 273 g/mol. The van der Waals surface area contributed by atoms with E-state index in [9.17, 15) is 9.18 Å². The zero-order valence-electron chi connectivity index (χ0n) is 11.0. The molecule has 0 unspecified atom stereocenters. The minimum absolute atomic E-state index is 0.0149. The lowest BCUT2D eigenvalue weighted by Crippen LogP contribution is -2.00. The van der Waals surface area contributed by atoms with Crippen LogP contribution in [-0.4, -0.2) is 25.4 Å². The highest BCUT2D eigenvalue weighted by Crippen LogP contribution is 2.27. The highest BCUT2D eigenvalue weighted by atomic mass is 19.1. The lowest BCUT2D eigenvalue weighted by atomic mass is 10.2. The molecular weight excluding hydrogens is 261 g/mol. The summed E-state index contributed by atoms with van der Waals surface area (Å²) in [6.07, 6.45) is 0. The summed E-state index contributed by atoms with van der Waals surface area (Å²) < 4.78 is 16.7. The molecule has 3 rings (SSSR count). The molecule has 0 fully saturated rings. The van der Waals surface area contributed by atoms with Gasteiger partial charge in [-0.25, -0.2) is 9.18 Å². The average Bonchev–Trinajstić information content (AvgIpc) is 2.91. The van der Waals surface area contributed by atoms with E-state index in [-0.39, 0.29) is 11.5 Å². The number of hydrogen-bond acceptors (Lipinski definition) is 2. The summed E-state index contributed by atoms with van der Waals surface area (Å²) in [5.41, 5.74) is 2.31. The second-order valence-electron chi connectivity index (χ2n) is 4.64. The number of carboxylic acid groups (broad SMARTS) is 1. The van der Waals surface area contributed by atoms with Crippen molar-refractivity contribution in [2.24, 2.45) is 14.1 Å². The molecule has 0 saturated carbocycles. The van der Waals surface area contributed by atoms with E-state index in [0.29, 0.717) is 5.69 Å². The summed E-state index contributed by atoms with van der Waals surface area (Å²) in [4.78, 5) is 11.0. The first-order valence-corrected chi connectivity index (χ1v) is 6.00. The Hall–Kier alpha value is -2.63. The zero-order chi connectivity index (χ0) is 14.4. The van der Waals surface area contributed by atoms with E-state index in [1.165, 1.54) is 22.9 Å². The third-order valence-corrected chi connectivity index (χ3v) is 3.37. The molecule has 0 spiro atoms. The largest absolute Gasteiger partial charge is 0.476 e. The number of carboxylic acids is 1. The van der Waals surface area contributed by atoms with Crippen LogP contribution < -0.4 is 0 Å². The van der Waals surface area contributed by atoms with Gasteiger partial charge in [-0.3, -0.25) is 4.68 Å². The van der Waals surface area contributed by atoms with Crippen molar-refractivity contribution in [2.75, 3.05) is 0 Å². The van der Waals surface area contributed by atoms with Crippen LogP contribution in [0.5, 0.6) is 0 Å². The number of aromatic carboxylic acids is 1. The predicted molar refractivity (Wildman–Crippen MR) is 72.0 cm³/mol. The van der Waals surface area contributed by atoms with Gasteiger partial charge in [0, 0.05) is 31.1 Å². The van der Waals surface area contributed by atoms with Crippen molar-refractivity contribution in [1.29, 1.82) is 0 Å². The van der Waals surface area contributed by atoms with Gasteiger partial charge in [-0.1, -0.05) is 0 Å². The SMILES string of the molecule is Cn1nc(C(=O)O)cc1-c1cc2cc(F)ccc2n1C. The molecule has 0 bridgehead atoms. The van der Waals surface area contributed by atoms with Crippen molar-refractivity contribution in [1.82, 2.24) is 14.3 Å². The van der Waals surface area contributed by atoms with Gasteiger partial charge >= 0.3 is 5.97 Å². The van der Waals surface area contributed by atoms with Crippen LogP contribution in [0, 0.1) is 5.82 Å². The van der Waals surface area contributed by atoms with Gasteiger partial charge < -0.3 is 9.67 Å². The number of rotatable bonds is 2. The van der Waals surface area contributed by atoms with E-state index < -0.39 is 5.97 Å². The molecule has 0 radical (unpaired) electrons. The summed E-state index contributed by atoms with van der Waals surface area (Å²) in [7, 11) is 3.53. The Balaban J connectivity index is 2.24. The first kappa shape index (κ1) is 12.4. The molecular formula is C14H12FN3O2. The van der Waals surface area contributed by atoms with Crippen LogP contribution in [-0.2, 0) is 14.1 Å². The van der Waals surface area contributed by atoms with Crippen molar-refractivity contribution >= 4 is 16.9 Å². The van der Waals surface area contributed by atoms with E-state index in [0.717, 1.165) is 16.6 Å². The van der Waals surface area contributed by atoms with E-state index in [1.807, 2.05) is 17.7 Å². The molecule has 20 heavy (non-hydrogen) atoms. The Morgan fingerprint density at radius 2 is 1.95 bits per heavy atom. The molecule has 5 nitrogen and oxygen atoms in total. The molecule has 1 N–H and O–H groups in total. The summed E-state index contributed by atoms with van der Waals surface area (Å²) >= 11 is 0. The Kier molecular flexibility index (Phi) is 2.60. The molecule has 102 valence electrons. The molecule has 0 atom stereocenters. The van der Waals surface area contributed by atoms with Gasteiger partial charge in [-0.05, 0) is 24.3 Å². The van der Waals surface area contributed by atoms with Crippen LogP contribution in [0.25, 0.3) is 22.3 Å². The van der Waals surface area contributed by atoms with Crippen molar-refractivity contribution in [2.45, 2.75) is 0 Å². The van der Waals surface area contributed by atoms with Crippen LogP contribution in [0.15, 0.2) is 30.3 Å². The second kappa shape index (κ2) is 4.19. The van der Waals surface area contributed by atoms with Crippen molar-refractivity contribution in [3.63, 3.8) is 0 Å². The van der Waals surface area contributed by atoms with Crippen LogP contribution in [0.3, 0.4) is 0 Å². The number of aryl methyl sites for hydroxylation is 2. The van der Waals surface area contributed by atoms with Gasteiger partial charge in [-0.2, -0.15) is 5.10 Å². The smallest absolute Gasteiger partial charge is 0.356 e. The molecule has 6 heteroatoms.